The first-order valence-corrected chi connectivity index (χ1v) is 10.9. The lowest BCUT2D eigenvalue weighted by molar-refractivity contribution is -0.121. The lowest BCUT2D eigenvalue weighted by atomic mass is 9.70. The molecule has 0 radical (unpaired) electrons. The zero-order valence-electron chi connectivity index (χ0n) is 16.2. The van der Waals surface area contributed by atoms with Crippen molar-refractivity contribution in [2.24, 2.45) is 0 Å². The molecule has 2 atom stereocenters. The highest BCUT2D eigenvalue weighted by molar-refractivity contribution is 9.09. The van der Waals surface area contributed by atoms with Gasteiger partial charge in [0.05, 0.1) is 10.9 Å². The zero-order valence-corrected chi connectivity index (χ0v) is 17.8. The predicted molar refractivity (Wildman–Crippen MR) is 117 cm³/mol. The van der Waals surface area contributed by atoms with Gasteiger partial charge in [0.1, 0.15) is 28.8 Å². The maximum atomic E-state index is 13.5. The molecule has 2 unspecified atom stereocenters. The number of anilines is 1. The zero-order chi connectivity index (χ0) is 21.8. The average molecular weight is 482 g/mol. The van der Waals surface area contributed by atoms with Crippen LogP contribution in [0.25, 0.3) is 0 Å². The molecule has 2 heterocycles. The van der Waals surface area contributed by atoms with Crippen LogP contribution in [0.5, 0.6) is 11.5 Å². The summed E-state index contributed by atoms with van der Waals surface area (Å²) in [6.45, 7) is 0. The Labute approximate surface area is 186 Å². The number of ketones is 1. The maximum Gasteiger partial charge on any atom is 0.243 e. The number of alkyl halides is 1. The summed E-state index contributed by atoms with van der Waals surface area (Å²) in [5.41, 5.74) is 1.68. The van der Waals surface area contributed by atoms with Gasteiger partial charge < -0.3 is 15.2 Å². The second-order valence-corrected chi connectivity index (χ2v) is 8.23. The molecule has 5 nitrogen and oxygen atoms in total. The van der Waals surface area contributed by atoms with Crippen molar-refractivity contribution in [2.75, 3.05) is 10.6 Å². The molecular weight excluding hydrogens is 465 g/mol. The lowest BCUT2D eigenvalue weighted by Crippen LogP contribution is -2.46. The number of ether oxygens (including phenoxy) is 1. The lowest BCUT2D eigenvalue weighted by Gasteiger charge is -2.29. The Kier molecular flexibility index (Phi) is 4.59. The van der Waals surface area contributed by atoms with Gasteiger partial charge in [-0.05, 0) is 35.4 Å². The monoisotopic (exact) mass is 481 g/mol. The van der Waals surface area contributed by atoms with Crippen LogP contribution in [0.1, 0.15) is 27.0 Å². The van der Waals surface area contributed by atoms with Crippen LogP contribution >= 0.6 is 15.9 Å². The summed E-state index contributed by atoms with van der Waals surface area (Å²) in [4.78, 5) is 25.9. The second kappa shape index (κ2) is 7.20. The van der Waals surface area contributed by atoms with Gasteiger partial charge in [-0.15, -0.1) is 0 Å². The highest BCUT2D eigenvalue weighted by Crippen LogP contribution is 2.55. The number of aromatic hydroxyl groups is 1. The summed E-state index contributed by atoms with van der Waals surface area (Å²) < 4.78 is 19.6. The Bertz CT molecular complexity index is 1230. The number of carbonyl (C=O) groups excluding carboxylic acids is 2. The van der Waals surface area contributed by atoms with Gasteiger partial charge in [0.15, 0.2) is 5.78 Å². The summed E-state index contributed by atoms with van der Waals surface area (Å²) >= 11 is 3.14. The molecule has 0 fully saturated rings. The summed E-state index contributed by atoms with van der Waals surface area (Å²) in [7, 11) is 0. The van der Waals surface area contributed by atoms with Crippen molar-refractivity contribution >= 4 is 33.3 Å². The van der Waals surface area contributed by atoms with Crippen LogP contribution in [0.3, 0.4) is 0 Å². The number of carbonyl (C=O) groups is 2. The van der Waals surface area contributed by atoms with E-state index in [1.807, 2.05) is 24.3 Å². The van der Waals surface area contributed by atoms with Gasteiger partial charge >= 0.3 is 0 Å². The Morgan fingerprint density at radius 2 is 1.87 bits per heavy atom. The van der Waals surface area contributed by atoms with Gasteiger partial charge in [-0.3, -0.25) is 9.59 Å². The van der Waals surface area contributed by atoms with Gasteiger partial charge in [-0.2, -0.15) is 0 Å². The van der Waals surface area contributed by atoms with Crippen molar-refractivity contribution in [3.63, 3.8) is 0 Å². The molecule has 0 saturated carbocycles. The van der Waals surface area contributed by atoms with E-state index >= 15 is 0 Å². The molecule has 0 aromatic heterocycles. The van der Waals surface area contributed by atoms with E-state index in [1.165, 1.54) is 18.2 Å². The SMILES string of the molecule is O=C(CBr)c1cc2c(cc1O)OC(Cc1ccc(F)cc1)C21C(=O)Nc2ccccc21. The molecule has 0 aliphatic carbocycles. The van der Waals surface area contributed by atoms with Gasteiger partial charge in [0.25, 0.3) is 0 Å². The number of Topliss-reactive ketones (excluding diaryl/α,β-unsaturated/α-hetero) is 1. The summed E-state index contributed by atoms with van der Waals surface area (Å²) in [5, 5.41) is 13.4. The van der Waals surface area contributed by atoms with Crippen molar-refractivity contribution in [2.45, 2.75) is 17.9 Å². The number of amides is 1. The Morgan fingerprint density at radius 3 is 2.61 bits per heavy atom. The fourth-order valence-corrected chi connectivity index (χ4v) is 4.88. The maximum absolute atomic E-state index is 13.5. The molecule has 1 spiro atoms. The minimum atomic E-state index is -1.20. The third-order valence-electron chi connectivity index (χ3n) is 5.99. The average Bonchev–Trinajstić information content (AvgIpc) is 3.24. The number of phenolic OH excluding ortho intramolecular Hbond substituents is 1. The van der Waals surface area contributed by atoms with Gasteiger partial charge in [-0.25, -0.2) is 4.39 Å². The van der Waals surface area contributed by atoms with Gasteiger partial charge in [0, 0.05) is 23.7 Å². The number of phenols is 1. The van der Waals surface area contributed by atoms with Crippen LogP contribution in [0.2, 0.25) is 0 Å². The molecule has 5 rings (SSSR count). The quantitative estimate of drug-likeness (QED) is 0.429. The van der Waals surface area contributed by atoms with E-state index in [-0.39, 0.29) is 34.2 Å². The summed E-state index contributed by atoms with van der Waals surface area (Å²) in [6.07, 6.45) is -0.315. The van der Waals surface area contributed by atoms with Crippen LogP contribution in [0, 0.1) is 5.82 Å². The summed E-state index contributed by atoms with van der Waals surface area (Å²) in [5.74, 6) is -0.762. The van der Waals surface area contributed by atoms with E-state index in [0.717, 1.165) is 11.1 Å². The Balaban J connectivity index is 1.72. The smallest absolute Gasteiger partial charge is 0.243 e. The second-order valence-electron chi connectivity index (χ2n) is 7.67. The van der Waals surface area contributed by atoms with E-state index < -0.39 is 11.5 Å². The van der Waals surface area contributed by atoms with E-state index in [9.17, 15) is 19.1 Å². The molecule has 156 valence electrons. The van der Waals surface area contributed by atoms with Crippen LogP contribution in [0.15, 0.2) is 60.7 Å². The number of fused-ring (bicyclic) bond motifs is 4. The fraction of sp³-hybridized carbons (Fsp3) is 0.167. The van der Waals surface area contributed by atoms with E-state index in [4.69, 9.17) is 4.74 Å². The van der Waals surface area contributed by atoms with Crippen LogP contribution in [-0.4, -0.2) is 28.2 Å². The standard InChI is InChI=1S/C24H17BrFNO4/c25-12-20(29)15-10-17-21(11-19(15)28)31-22(9-13-5-7-14(26)8-6-13)24(17)16-3-1-2-4-18(16)27-23(24)30/h1-8,10-11,22,28H,9,12H2,(H,27,30). The molecule has 0 saturated heterocycles. The first-order valence-electron chi connectivity index (χ1n) is 9.74. The minimum absolute atomic E-state index is 0.0367. The number of benzene rings is 3. The topological polar surface area (TPSA) is 75.6 Å². The normalized spacial score (nSPS) is 20.8. The van der Waals surface area contributed by atoms with Crippen molar-refractivity contribution in [1.29, 1.82) is 0 Å². The first-order chi connectivity index (χ1) is 14.9. The van der Waals surface area contributed by atoms with Crippen molar-refractivity contribution < 1.29 is 23.8 Å². The predicted octanol–water partition coefficient (Wildman–Crippen LogP) is 4.35. The van der Waals surface area contributed by atoms with Crippen LogP contribution in [0.4, 0.5) is 10.1 Å². The molecule has 2 aliphatic heterocycles. The number of hydrogen-bond acceptors (Lipinski definition) is 4. The molecule has 31 heavy (non-hydrogen) atoms. The molecule has 0 bridgehead atoms. The fourth-order valence-electron chi connectivity index (χ4n) is 4.58. The van der Waals surface area contributed by atoms with Crippen LogP contribution in [-0.2, 0) is 16.6 Å². The number of hydrogen-bond donors (Lipinski definition) is 2. The molecule has 3 aromatic rings. The Hall–Kier alpha value is -3.19. The number of nitrogens with one attached hydrogen (secondary N) is 1. The Morgan fingerprint density at radius 1 is 1.13 bits per heavy atom. The van der Waals surface area contributed by atoms with E-state index in [0.29, 0.717) is 23.4 Å². The number of para-hydroxylation sites is 1. The largest absolute Gasteiger partial charge is 0.507 e. The molecular formula is C24H17BrFNO4. The van der Waals surface area contributed by atoms with Crippen molar-refractivity contribution in [3.8, 4) is 11.5 Å². The van der Waals surface area contributed by atoms with E-state index in [2.05, 4.69) is 21.2 Å². The third kappa shape index (κ3) is 2.87. The summed E-state index contributed by atoms with van der Waals surface area (Å²) in [6, 6.07) is 16.4. The minimum Gasteiger partial charge on any atom is -0.507 e. The van der Waals surface area contributed by atoms with Crippen molar-refractivity contribution in [3.05, 3.63) is 88.7 Å². The number of halogens is 2. The molecule has 2 N–H and O–H groups in total. The van der Waals surface area contributed by atoms with Crippen LogP contribution < -0.4 is 10.1 Å². The molecule has 7 heteroatoms. The third-order valence-corrected chi connectivity index (χ3v) is 6.50. The van der Waals surface area contributed by atoms with Gasteiger partial charge in [-0.1, -0.05) is 46.3 Å². The van der Waals surface area contributed by atoms with E-state index in [1.54, 1.807) is 18.2 Å². The van der Waals surface area contributed by atoms with Gasteiger partial charge in [0.2, 0.25) is 5.91 Å². The molecule has 1 amide bonds. The first kappa shape index (κ1) is 19.8. The highest BCUT2D eigenvalue weighted by atomic mass is 79.9. The highest BCUT2D eigenvalue weighted by Gasteiger charge is 2.60. The van der Waals surface area contributed by atoms with Crippen molar-refractivity contribution in [1.82, 2.24) is 0 Å². The molecule has 3 aromatic carbocycles. The number of rotatable bonds is 4. The molecule has 2 aliphatic rings.